The summed E-state index contributed by atoms with van der Waals surface area (Å²) in [4.78, 5) is 0. The van der Waals surface area contributed by atoms with E-state index >= 15 is 0 Å². The van der Waals surface area contributed by atoms with Gasteiger partial charge >= 0.3 is 0 Å². The number of benzene rings is 3. The molecule has 30 heavy (non-hydrogen) atoms. The summed E-state index contributed by atoms with van der Waals surface area (Å²) in [7, 11) is -3.64. The fourth-order valence-corrected chi connectivity index (χ4v) is 5.38. The van der Waals surface area contributed by atoms with E-state index in [-0.39, 0.29) is 5.75 Å². The lowest BCUT2D eigenvalue weighted by atomic mass is 9.95. The summed E-state index contributed by atoms with van der Waals surface area (Å²) in [5.41, 5.74) is 13.4. The molecule has 0 amide bonds. The van der Waals surface area contributed by atoms with Crippen LogP contribution in [0.4, 0.5) is 0 Å². The maximum absolute atomic E-state index is 13.3. The van der Waals surface area contributed by atoms with Crippen LogP contribution in [-0.4, -0.2) is 8.42 Å². The molecule has 0 saturated carbocycles. The third-order valence-corrected chi connectivity index (χ3v) is 7.15. The second-order valence-electron chi connectivity index (χ2n) is 7.94. The van der Waals surface area contributed by atoms with Gasteiger partial charge in [-0.05, 0) is 66.6 Å². The van der Waals surface area contributed by atoms with E-state index in [0.29, 0.717) is 0 Å². The Morgan fingerprint density at radius 3 is 1.77 bits per heavy atom. The Hall–Kier alpha value is -2.47. The van der Waals surface area contributed by atoms with E-state index in [2.05, 4.69) is 10.8 Å². The van der Waals surface area contributed by atoms with Gasteiger partial charge in [0, 0.05) is 0 Å². The number of hydrogen-bond acceptors (Lipinski definition) is 3. The molecule has 3 aromatic carbocycles. The van der Waals surface area contributed by atoms with E-state index in [1.165, 1.54) is 0 Å². The lowest BCUT2D eigenvalue weighted by Crippen LogP contribution is -2.36. The molecule has 4 nitrogen and oxygen atoms in total. The molecule has 0 heterocycles. The first kappa shape index (κ1) is 22.2. The molecule has 0 aromatic heterocycles. The predicted molar refractivity (Wildman–Crippen MR) is 124 cm³/mol. The van der Waals surface area contributed by atoms with Crippen LogP contribution in [0.25, 0.3) is 0 Å². The van der Waals surface area contributed by atoms with Crippen LogP contribution in [0.3, 0.4) is 0 Å². The van der Waals surface area contributed by atoms with Crippen molar-refractivity contribution >= 4 is 10.0 Å². The first-order valence-corrected chi connectivity index (χ1v) is 11.8. The molecule has 2 unspecified atom stereocenters. The van der Waals surface area contributed by atoms with Crippen molar-refractivity contribution in [3.63, 3.8) is 0 Å². The van der Waals surface area contributed by atoms with Gasteiger partial charge in [0.2, 0.25) is 10.0 Å². The van der Waals surface area contributed by atoms with Gasteiger partial charge in [-0.2, -0.15) is 0 Å². The zero-order valence-corrected chi connectivity index (χ0v) is 18.8. The third kappa shape index (κ3) is 4.98. The third-order valence-electron chi connectivity index (χ3n) is 5.86. The Morgan fingerprint density at radius 2 is 1.27 bits per heavy atom. The summed E-state index contributed by atoms with van der Waals surface area (Å²) >= 11 is 0. The topological polar surface area (TPSA) is 72.2 Å². The highest BCUT2D eigenvalue weighted by Gasteiger charge is 2.27. The molecule has 3 rings (SSSR count). The van der Waals surface area contributed by atoms with E-state index in [4.69, 9.17) is 5.73 Å². The Labute approximate surface area is 180 Å². The lowest BCUT2D eigenvalue weighted by molar-refractivity contribution is 0.503. The molecule has 0 aliphatic rings. The van der Waals surface area contributed by atoms with Gasteiger partial charge in [-0.1, -0.05) is 66.7 Å². The molecule has 0 fully saturated rings. The second kappa shape index (κ2) is 9.13. The fraction of sp³-hybridized carbons (Fsp3) is 0.280. The van der Waals surface area contributed by atoms with Crippen LogP contribution in [0.5, 0.6) is 0 Å². The molecule has 0 bridgehead atoms. The molecule has 0 radical (unpaired) electrons. The molecule has 0 aliphatic carbocycles. The SMILES string of the molecule is Cc1cc(C)c(C)c(CS(=O)(=O)NC(c2ccccc2)C(N)c2ccccc2)c1C. The lowest BCUT2D eigenvalue weighted by Gasteiger charge is -2.26. The molecule has 2 atom stereocenters. The van der Waals surface area contributed by atoms with E-state index in [0.717, 1.165) is 38.9 Å². The van der Waals surface area contributed by atoms with Gasteiger partial charge in [-0.15, -0.1) is 0 Å². The zero-order chi connectivity index (χ0) is 21.9. The van der Waals surface area contributed by atoms with E-state index in [1.807, 2.05) is 88.4 Å². The van der Waals surface area contributed by atoms with Crippen molar-refractivity contribution in [2.75, 3.05) is 0 Å². The Bertz CT molecular complexity index is 1080. The van der Waals surface area contributed by atoms with Crippen LogP contribution in [0.2, 0.25) is 0 Å². The van der Waals surface area contributed by atoms with E-state index in [1.54, 1.807) is 0 Å². The Kier molecular flexibility index (Phi) is 6.76. The van der Waals surface area contributed by atoms with Gasteiger partial charge < -0.3 is 5.73 Å². The molecule has 0 saturated heterocycles. The fourth-order valence-electron chi connectivity index (χ4n) is 3.82. The van der Waals surface area contributed by atoms with Gasteiger partial charge in [-0.25, -0.2) is 13.1 Å². The number of sulfonamides is 1. The molecule has 3 N–H and O–H groups in total. The standard InChI is InChI=1S/C25H30N2O2S/c1-17-15-18(2)20(4)23(19(17)3)16-30(28,29)27-25(22-13-9-6-10-14-22)24(26)21-11-7-5-8-12-21/h5-15,24-25,27H,16,26H2,1-4H3. The highest BCUT2D eigenvalue weighted by atomic mass is 32.2. The van der Waals surface area contributed by atoms with Crippen molar-refractivity contribution in [2.24, 2.45) is 5.73 Å². The summed E-state index contributed by atoms with van der Waals surface area (Å²) in [5, 5.41) is 0. The summed E-state index contributed by atoms with van der Waals surface area (Å²) < 4.78 is 29.5. The number of rotatable bonds is 7. The van der Waals surface area contributed by atoms with E-state index in [9.17, 15) is 8.42 Å². The van der Waals surface area contributed by atoms with Crippen molar-refractivity contribution in [1.29, 1.82) is 0 Å². The minimum absolute atomic E-state index is 0.0714. The van der Waals surface area contributed by atoms with Gasteiger partial charge in [0.15, 0.2) is 0 Å². The van der Waals surface area contributed by atoms with Crippen LogP contribution in [0.15, 0.2) is 66.7 Å². The molecule has 158 valence electrons. The summed E-state index contributed by atoms with van der Waals surface area (Å²) in [6.45, 7) is 8.00. The largest absolute Gasteiger partial charge is 0.322 e. The monoisotopic (exact) mass is 422 g/mol. The number of nitrogens with two attached hydrogens (primary N) is 1. The van der Waals surface area contributed by atoms with Crippen molar-refractivity contribution in [2.45, 2.75) is 45.5 Å². The minimum atomic E-state index is -3.64. The van der Waals surface area contributed by atoms with Crippen molar-refractivity contribution in [3.05, 3.63) is 106 Å². The van der Waals surface area contributed by atoms with Crippen molar-refractivity contribution in [3.8, 4) is 0 Å². The van der Waals surface area contributed by atoms with Gasteiger partial charge in [0.25, 0.3) is 0 Å². The summed E-state index contributed by atoms with van der Waals surface area (Å²) in [5.74, 6) is -0.0714. The smallest absolute Gasteiger partial charge is 0.216 e. The van der Waals surface area contributed by atoms with Crippen LogP contribution in [-0.2, 0) is 15.8 Å². The molecular formula is C25H30N2O2S. The number of hydrogen-bond donors (Lipinski definition) is 2. The average Bonchev–Trinajstić information content (AvgIpc) is 2.74. The second-order valence-corrected chi connectivity index (χ2v) is 9.69. The molecule has 0 spiro atoms. The molecule has 0 aliphatic heterocycles. The highest BCUT2D eigenvalue weighted by Crippen LogP contribution is 2.29. The predicted octanol–water partition coefficient (Wildman–Crippen LogP) is 4.78. The molecular weight excluding hydrogens is 392 g/mol. The first-order chi connectivity index (χ1) is 14.2. The highest BCUT2D eigenvalue weighted by molar-refractivity contribution is 7.88. The van der Waals surface area contributed by atoms with Gasteiger partial charge in [0.1, 0.15) is 0 Å². The van der Waals surface area contributed by atoms with Crippen LogP contribution >= 0.6 is 0 Å². The maximum atomic E-state index is 13.3. The maximum Gasteiger partial charge on any atom is 0.216 e. The van der Waals surface area contributed by atoms with Gasteiger partial charge in [-0.3, -0.25) is 0 Å². The molecule has 5 heteroatoms. The summed E-state index contributed by atoms with van der Waals surface area (Å²) in [6.07, 6.45) is 0. The Morgan fingerprint density at radius 1 is 0.800 bits per heavy atom. The van der Waals surface area contributed by atoms with Crippen molar-refractivity contribution in [1.82, 2.24) is 4.72 Å². The Balaban J connectivity index is 1.96. The van der Waals surface area contributed by atoms with Crippen LogP contribution in [0, 0.1) is 27.7 Å². The van der Waals surface area contributed by atoms with Gasteiger partial charge in [0.05, 0.1) is 17.8 Å². The normalized spacial score (nSPS) is 13.8. The quantitative estimate of drug-likeness (QED) is 0.575. The van der Waals surface area contributed by atoms with Crippen molar-refractivity contribution < 1.29 is 8.42 Å². The van der Waals surface area contributed by atoms with E-state index < -0.39 is 22.1 Å². The number of aryl methyl sites for hydroxylation is 2. The summed E-state index contributed by atoms with van der Waals surface area (Å²) in [6, 6.07) is 20.1. The molecule has 3 aromatic rings. The minimum Gasteiger partial charge on any atom is -0.322 e. The zero-order valence-electron chi connectivity index (χ0n) is 18.0. The number of nitrogens with one attached hydrogen (secondary N) is 1. The first-order valence-electron chi connectivity index (χ1n) is 10.1. The van der Waals surface area contributed by atoms with Crippen LogP contribution in [0.1, 0.15) is 51.0 Å². The van der Waals surface area contributed by atoms with Crippen LogP contribution < -0.4 is 10.5 Å². The average molecular weight is 423 g/mol.